The van der Waals surface area contributed by atoms with E-state index >= 15 is 0 Å². The molecule has 0 aromatic rings. The monoisotopic (exact) mass is 240 g/mol. The van der Waals surface area contributed by atoms with Crippen LogP contribution in [0.2, 0.25) is 0 Å². The van der Waals surface area contributed by atoms with Crippen molar-refractivity contribution >= 4 is 21.6 Å². The molecule has 1 fully saturated rings. The van der Waals surface area contributed by atoms with Crippen molar-refractivity contribution in [1.29, 1.82) is 0 Å². The minimum absolute atomic E-state index is 0.118. The summed E-state index contributed by atoms with van der Waals surface area (Å²) in [5.74, 6) is 0.508. The Morgan fingerprint density at radius 3 is 2.43 bits per heavy atom. The summed E-state index contributed by atoms with van der Waals surface area (Å²) in [7, 11) is -3.15. The molecule has 1 rings (SSSR count). The van der Waals surface area contributed by atoms with E-state index in [0.717, 1.165) is 25.9 Å². The summed E-state index contributed by atoms with van der Waals surface area (Å²) in [5.41, 5.74) is 0. The van der Waals surface area contributed by atoms with Crippen LogP contribution < -0.4 is 4.83 Å². The van der Waals surface area contributed by atoms with Crippen LogP contribution in [0.25, 0.3) is 0 Å². The van der Waals surface area contributed by atoms with E-state index in [1.54, 1.807) is 5.01 Å². The van der Waals surface area contributed by atoms with E-state index in [4.69, 9.17) is 11.6 Å². The van der Waals surface area contributed by atoms with E-state index in [-0.39, 0.29) is 5.75 Å². The smallest absolute Gasteiger partial charge is 0.224 e. The molecular weight excluding hydrogens is 224 g/mol. The lowest BCUT2D eigenvalue weighted by atomic mass is 10.2. The Morgan fingerprint density at radius 2 is 1.86 bits per heavy atom. The summed E-state index contributed by atoms with van der Waals surface area (Å²) in [6.45, 7) is 1.64. The predicted octanol–water partition coefficient (Wildman–Crippen LogP) is 0.936. The molecule has 6 heteroatoms. The second kappa shape index (κ2) is 5.90. The van der Waals surface area contributed by atoms with Crippen molar-refractivity contribution in [1.82, 2.24) is 9.84 Å². The molecule has 14 heavy (non-hydrogen) atoms. The van der Waals surface area contributed by atoms with Crippen LogP contribution in [0.15, 0.2) is 0 Å². The minimum Gasteiger partial charge on any atom is -0.231 e. The molecule has 0 radical (unpaired) electrons. The Labute approximate surface area is 90.6 Å². The number of hydrazine groups is 1. The van der Waals surface area contributed by atoms with E-state index < -0.39 is 10.0 Å². The lowest BCUT2D eigenvalue weighted by Gasteiger charge is -2.26. The maximum atomic E-state index is 11.4. The first kappa shape index (κ1) is 12.2. The van der Waals surface area contributed by atoms with Crippen LogP contribution in [0.1, 0.15) is 25.7 Å². The van der Waals surface area contributed by atoms with Gasteiger partial charge < -0.3 is 0 Å². The van der Waals surface area contributed by atoms with E-state index in [1.807, 2.05) is 0 Å². The number of sulfonamides is 1. The van der Waals surface area contributed by atoms with Gasteiger partial charge in [-0.25, -0.2) is 13.4 Å². The van der Waals surface area contributed by atoms with Gasteiger partial charge in [-0.15, -0.1) is 16.4 Å². The van der Waals surface area contributed by atoms with Crippen molar-refractivity contribution in [3.05, 3.63) is 0 Å². The first-order chi connectivity index (χ1) is 6.64. The van der Waals surface area contributed by atoms with E-state index in [2.05, 4.69) is 4.83 Å². The van der Waals surface area contributed by atoms with Gasteiger partial charge in [-0.05, 0) is 19.3 Å². The van der Waals surface area contributed by atoms with Crippen LogP contribution in [-0.2, 0) is 10.0 Å². The highest BCUT2D eigenvalue weighted by atomic mass is 35.5. The Balaban J connectivity index is 2.33. The first-order valence-corrected chi connectivity index (χ1v) is 7.14. The van der Waals surface area contributed by atoms with Crippen molar-refractivity contribution in [3.8, 4) is 0 Å². The molecule has 0 aromatic carbocycles. The van der Waals surface area contributed by atoms with Gasteiger partial charge in [0.1, 0.15) is 0 Å². The molecule has 0 aromatic heterocycles. The summed E-state index contributed by atoms with van der Waals surface area (Å²) in [6, 6.07) is 0. The van der Waals surface area contributed by atoms with Gasteiger partial charge in [0.25, 0.3) is 0 Å². The van der Waals surface area contributed by atoms with Crippen molar-refractivity contribution < 1.29 is 8.42 Å². The number of nitrogens with zero attached hydrogens (tertiary/aromatic N) is 1. The Bertz CT molecular complexity index is 250. The van der Waals surface area contributed by atoms with E-state index in [1.165, 1.54) is 6.42 Å². The highest BCUT2D eigenvalue weighted by molar-refractivity contribution is 7.89. The number of halogens is 1. The fourth-order valence-electron chi connectivity index (χ4n) is 1.47. The van der Waals surface area contributed by atoms with Gasteiger partial charge in [0.15, 0.2) is 0 Å². The molecule has 1 aliphatic rings. The van der Waals surface area contributed by atoms with Gasteiger partial charge in [-0.3, -0.25) is 0 Å². The second-order valence-electron chi connectivity index (χ2n) is 3.50. The fourth-order valence-corrected chi connectivity index (χ4v) is 2.96. The molecule has 0 amide bonds. The average molecular weight is 241 g/mol. The molecule has 0 spiro atoms. The van der Waals surface area contributed by atoms with E-state index in [9.17, 15) is 8.42 Å². The van der Waals surface area contributed by atoms with Crippen LogP contribution >= 0.6 is 11.6 Å². The molecular formula is C8H17ClN2O2S. The summed E-state index contributed by atoms with van der Waals surface area (Å²) in [4.78, 5) is 2.58. The highest BCUT2D eigenvalue weighted by Crippen LogP contribution is 2.07. The zero-order valence-corrected chi connectivity index (χ0v) is 9.78. The third kappa shape index (κ3) is 4.59. The summed E-state index contributed by atoms with van der Waals surface area (Å²) < 4.78 is 22.9. The Hall–Kier alpha value is 0.160. The van der Waals surface area contributed by atoms with Gasteiger partial charge in [0, 0.05) is 19.0 Å². The maximum Gasteiger partial charge on any atom is 0.224 e. The molecule has 1 heterocycles. The molecule has 84 valence electrons. The van der Waals surface area contributed by atoms with Crippen molar-refractivity contribution in [2.24, 2.45) is 0 Å². The number of hydrogen-bond donors (Lipinski definition) is 1. The highest BCUT2D eigenvalue weighted by Gasteiger charge is 2.16. The molecule has 0 unspecified atom stereocenters. The SMILES string of the molecule is O=S(=O)(CCCCl)NN1CCCCC1. The fraction of sp³-hybridized carbons (Fsp3) is 1.00. The van der Waals surface area contributed by atoms with Crippen molar-refractivity contribution in [2.75, 3.05) is 24.7 Å². The average Bonchev–Trinajstić information content (AvgIpc) is 2.16. The maximum absolute atomic E-state index is 11.4. The predicted molar refractivity (Wildman–Crippen MR) is 57.7 cm³/mol. The zero-order valence-electron chi connectivity index (χ0n) is 8.21. The number of hydrogen-bond acceptors (Lipinski definition) is 3. The van der Waals surface area contributed by atoms with Gasteiger partial charge in [-0.2, -0.15) is 0 Å². The first-order valence-electron chi connectivity index (χ1n) is 4.95. The van der Waals surface area contributed by atoms with Crippen molar-refractivity contribution in [3.63, 3.8) is 0 Å². The molecule has 0 saturated carbocycles. The van der Waals surface area contributed by atoms with Crippen LogP contribution in [-0.4, -0.2) is 38.1 Å². The Morgan fingerprint density at radius 1 is 1.21 bits per heavy atom. The molecule has 0 bridgehead atoms. The quantitative estimate of drug-likeness (QED) is 0.728. The van der Waals surface area contributed by atoms with E-state index in [0.29, 0.717) is 12.3 Å². The van der Waals surface area contributed by atoms with Crippen LogP contribution in [0, 0.1) is 0 Å². The number of nitrogens with one attached hydrogen (secondary N) is 1. The minimum atomic E-state index is -3.15. The van der Waals surface area contributed by atoms with Gasteiger partial charge in [-0.1, -0.05) is 6.42 Å². The summed E-state index contributed by atoms with van der Waals surface area (Å²) in [5, 5.41) is 1.78. The topological polar surface area (TPSA) is 49.4 Å². The number of rotatable bonds is 5. The Kier molecular flexibility index (Phi) is 5.15. The number of alkyl halides is 1. The van der Waals surface area contributed by atoms with Gasteiger partial charge in [0.05, 0.1) is 5.75 Å². The zero-order chi connectivity index (χ0) is 10.4. The van der Waals surface area contributed by atoms with Gasteiger partial charge in [0.2, 0.25) is 10.0 Å². The number of piperidine rings is 1. The third-order valence-electron chi connectivity index (χ3n) is 2.17. The molecule has 1 saturated heterocycles. The standard InChI is InChI=1S/C8H17ClN2O2S/c9-5-4-8-14(12,13)10-11-6-2-1-3-7-11/h10H,1-8H2. The third-order valence-corrected chi connectivity index (χ3v) is 3.80. The molecule has 1 N–H and O–H groups in total. The van der Waals surface area contributed by atoms with Crippen LogP contribution in [0.4, 0.5) is 0 Å². The summed E-state index contributed by atoms with van der Waals surface area (Å²) >= 11 is 5.44. The largest absolute Gasteiger partial charge is 0.231 e. The van der Waals surface area contributed by atoms with Crippen molar-refractivity contribution in [2.45, 2.75) is 25.7 Å². The molecule has 4 nitrogen and oxygen atoms in total. The van der Waals surface area contributed by atoms with Crippen LogP contribution in [0.5, 0.6) is 0 Å². The lowest BCUT2D eigenvalue weighted by Crippen LogP contribution is -2.45. The molecule has 0 aliphatic carbocycles. The molecule has 0 atom stereocenters. The second-order valence-corrected chi connectivity index (χ2v) is 5.70. The van der Waals surface area contributed by atoms with Crippen LogP contribution in [0.3, 0.4) is 0 Å². The molecule has 1 aliphatic heterocycles. The van der Waals surface area contributed by atoms with Gasteiger partial charge >= 0.3 is 0 Å². The normalized spacial score (nSPS) is 19.8. The lowest BCUT2D eigenvalue weighted by molar-refractivity contribution is 0.200. The summed E-state index contributed by atoms with van der Waals surface area (Å²) in [6.07, 6.45) is 3.83.